The van der Waals surface area contributed by atoms with Gasteiger partial charge in [-0.2, -0.15) is 0 Å². The predicted molar refractivity (Wildman–Crippen MR) is 21.7 cm³/mol. The topological polar surface area (TPSA) is 0 Å². The summed E-state index contributed by atoms with van der Waals surface area (Å²) in [6.45, 7) is 0. The van der Waals surface area contributed by atoms with Gasteiger partial charge in [-0.1, -0.05) is 0 Å². The average molecular weight is 249 g/mol. The maximum absolute atomic E-state index is 0. The molecule has 0 spiro atoms. The van der Waals surface area contributed by atoms with Crippen LogP contribution in [0.5, 0.6) is 0 Å². The molecule has 0 amide bonds. The molecule has 0 heterocycles. The molecule has 4 heteroatoms. The second kappa shape index (κ2) is 18.7. The molecule has 0 saturated carbocycles. The van der Waals surface area contributed by atoms with Crippen molar-refractivity contribution in [3.63, 3.8) is 0 Å². The zero-order valence-corrected chi connectivity index (χ0v) is 7.31. The van der Waals surface area contributed by atoms with Gasteiger partial charge in [-0.3, -0.25) is 0 Å². The third-order valence-electron chi connectivity index (χ3n) is 0. The van der Waals surface area contributed by atoms with Gasteiger partial charge in [0.1, 0.15) is 0 Å². The van der Waals surface area contributed by atoms with Gasteiger partial charge < -0.3 is 0 Å². The quantitative estimate of drug-likeness (QED) is 0.606. The van der Waals surface area contributed by atoms with Crippen molar-refractivity contribution in [1.29, 1.82) is 0 Å². The van der Waals surface area contributed by atoms with Crippen molar-refractivity contribution in [2.45, 2.75) is 0 Å². The predicted octanol–water partition coefficient (Wildman–Crippen LogP) is 1.27. The Balaban J connectivity index is 0. The van der Waals surface area contributed by atoms with Crippen LogP contribution >= 0.6 is 37.2 Å². The fourth-order valence-corrected chi connectivity index (χ4v) is 0. The molecule has 0 aromatic heterocycles. The molecule has 0 N–H and O–H groups in total. The van der Waals surface area contributed by atoms with Crippen LogP contribution in [-0.4, -0.2) is 0 Å². The molecule has 0 radical (unpaired) electrons. The Bertz CT molecular complexity index is 3.25. The smallest absolute Gasteiger partial charge is 0 e. The van der Waals surface area contributed by atoms with E-state index in [1.165, 1.54) is 0 Å². The average Bonchev–Trinajstić information content (AvgIpc) is 0. The van der Waals surface area contributed by atoms with E-state index in [1.54, 1.807) is 0 Å². The first-order valence-corrected chi connectivity index (χ1v) is 0. The fourth-order valence-electron chi connectivity index (χ4n) is 0. The minimum absolute atomic E-state index is 0. The van der Waals surface area contributed by atoms with E-state index < -0.39 is 0 Å². The fraction of sp³-hybridized carbons (Fsp3) is 0. The van der Waals surface area contributed by atoms with Crippen molar-refractivity contribution < 1.29 is 41.7 Å². The molecule has 4 heavy (non-hydrogen) atoms. The first-order valence-electron chi connectivity index (χ1n) is 0. The Hall–Kier alpha value is 2.25. The second-order valence-corrected chi connectivity index (χ2v) is 0. The summed E-state index contributed by atoms with van der Waals surface area (Å²) in [4.78, 5) is 0. The Morgan fingerprint density at radius 3 is 0.500 bits per heavy atom. The molecule has 0 bridgehead atoms. The monoisotopic (exact) mass is 248 g/mol. The zero-order valence-electron chi connectivity index (χ0n) is 1.72. The summed E-state index contributed by atoms with van der Waals surface area (Å²) in [6, 6.07) is 0. The van der Waals surface area contributed by atoms with Crippen LogP contribution in [-0.2, 0) is 0 Å². The van der Waals surface area contributed by atoms with E-state index in [-0.39, 0.29) is 79.0 Å². The van der Waals surface area contributed by atoms with Crippen molar-refractivity contribution in [3.05, 3.63) is 0 Å². The van der Waals surface area contributed by atoms with Gasteiger partial charge in [0.05, 0.1) is 0 Å². The molecule has 0 rings (SSSR count). The summed E-state index contributed by atoms with van der Waals surface area (Å²) in [5, 5.41) is 0. The van der Waals surface area contributed by atoms with Crippen LogP contribution in [0.25, 0.3) is 0 Å². The van der Waals surface area contributed by atoms with Crippen molar-refractivity contribution in [1.82, 2.24) is 0 Å². The van der Waals surface area contributed by atoms with Crippen LogP contribution in [0.4, 0.5) is 0 Å². The number of rotatable bonds is 0. The largest absolute Gasteiger partial charge is 0.147 e. The first kappa shape index (κ1) is 34.1. The number of halogens is 3. The molecule has 0 nitrogen and oxygen atoms in total. The van der Waals surface area contributed by atoms with Gasteiger partial charge in [0.2, 0.25) is 0 Å². The van der Waals surface area contributed by atoms with E-state index in [0.717, 1.165) is 0 Å². The van der Waals surface area contributed by atoms with Crippen LogP contribution in [0.3, 0.4) is 0 Å². The van der Waals surface area contributed by atoms with Gasteiger partial charge in [-0.05, 0) is 0 Å². The Morgan fingerprint density at radius 2 is 0.500 bits per heavy atom. The van der Waals surface area contributed by atoms with Crippen LogP contribution in [0.2, 0.25) is 0 Å². The van der Waals surface area contributed by atoms with E-state index in [4.69, 9.17) is 0 Å². The molecule has 0 aromatic rings. The van der Waals surface area contributed by atoms with Crippen molar-refractivity contribution in [2.24, 2.45) is 0 Å². The molecule has 0 saturated heterocycles. The second-order valence-electron chi connectivity index (χ2n) is 0. The van der Waals surface area contributed by atoms with E-state index >= 15 is 0 Å². The molecular formula is H3CeCl3. The maximum atomic E-state index is 0. The third-order valence-corrected chi connectivity index (χ3v) is 0. The standard InChI is InChI=1S/Ce.3ClH/h;3*1H. The Kier molecular flexibility index (Phi) is 160. The molecule has 0 fully saturated rings. The molecule has 28 valence electrons. The van der Waals surface area contributed by atoms with Gasteiger partial charge >= 0.3 is 0 Å². The summed E-state index contributed by atoms with van der Waals surface area (Å²) in [7, 11) is 0. The van der Waals surface area contributed by atoms with E-state index in [2.05, 4.69) is 0 Å². The van der Waals surface area contributed by atoms with Crippen molar-refractivity contribution in [2.75, 3.05) is 0 Å². The van der Waals surface area contributed by atoms with Gasteiger partial charge in [-0.15, -0.1) is 37.2 Å². The van der Waals surface area contributed by atoms with E-state index in [0.29, 0.717) is 0 Å². The molecule has 0 aromatic carbocycles. The van der Waals surface area contributed by atoms with Crippen molar-refractivity contribution in [3.8, 4) is 0 Å². The maximum Gasteiger partial charge on any atom is 0 e. The molecular weight excluding hydrogens is 246 g/mol. The molecule has 0 unspecified atom stereocenters. The minimum Gasteiger partial charge on any atom is -0.147 e. The Labute approximate surface area is 77.7 Å². The normalized spacial score (nSPS) is 0. The summed E-state index contributed by atoms with van der Waals surface area (Å²) in [6.07, 6.45) is 0. The van der Waals surface area contributed by atoms with Gasteiger partial charge in [0.25, 0.3) is 0 Å². The molecule has 0 aliphatic rings. The third kappa shape index (κ3) is 8.87. The van der Waals surface area contributed by atoms with Gasteiger partial charge in [0, 0.05) is 41.7 Å². The number of hydrogen-bond donors (Lipinski definition) is 0. The van der Waals surface area contributed by atoms with Gasteiger partial charge in [-0.25, -0.2) is 0 Å². The van der Waals surface area contributed by atoms with Crippen LogP contribution in [0.15, 0.2) is 0 Å². The van der Waals surface area contributed by atoms with Crippen LogP contribution < -0.4 is 0 Å². The van der Waals surface area contributed by atoms with E-state index in [1.807, 2.05) is 0 Å². The van der Waals surface area contributed by atoms with Crippen molar-refractivity contribution >= 4 is 37.2 Å². The molecule has 0 atom stereocenters. The SMILES string of the molecule is Cl.Cl.Cl.[Ce]. The minimum atomic E-state index is 0. The first-order chi connectivity index (χ1) is 0. The molecule has 0 aliphatic heterocycles. The zero-order chi connectivity index (χ0) is 0. The number of hydrogen-bond acceptors (Lipinski definition) is 0. The molecule has 0 aliphatic carbocycles. The summed E-state index contributed by atoms with van der Waals surface area (Å²) in [5.41, 5.74) is 0. The van der Waals surface area contributed by atoms with Gasteiger partial charge in [0.15, 0.2) is 0 Å². The van der Waals surface area contributed by atoms with Crippen LogP contribution in [0.1, 0.15) is 0 Å². The summed E-state index contributed by atoms with van der Waals surface area (Å²) in [5.74, 6) is 0. The summed E-state index contributed by atoms with van der Waals surface area (Å²) >= 11 is 0. The Morgan fingerprint density at radius 1 is 0.500 bits per heavy atom. The van der Waals surface area contributed by atoms with E-state index in [9.17, 15) is 0 Å². The van der Waals surface area contributed by atoms with Crippen LogP contribution in [0, 0.1) is 41.7 Å². The summed E-state index contributed by atoms with van der Waals surface area (Å²) < 4.78 is 0.